The Bertz CT molecular complexity index is 3060. The van der Waals surface area contributed by atoms with E-state index in [0.717, 1.165) is 89.1 Å². The van der Waals surface area contributed by atoms with Crippen LogP contribution >= 0.6 is 0 Å². The molecule has 0 unspecified atom stereocenters. The fourth-order valence-electron chi connectivity index (χ4n) is 8.16. The maximum absolute atomic E-state index is 6.25. The van der Waals surface area contributed by atoms with Crippen LogP contribution in [0.1, 0.15) is 0 Å². The second-order valence-electron chi connectivity index (χ2n) is 14.8. The molecule has 10 aromatic rings. The van der Waals surface area contributed by atoms with Crippen LogP contribution in [0.15, 0.2) is 231 Å². The zero-order chi connectivity index (χ0) is 44.1. The average Bonchev–Trinajstić information content (AvgIpc) is 3.40. The third-order valence-electron chi connectivity index (χ3n) is 11.1. The minimum absolute atomic E-state index is 0. The van der Waals surface area contributed by atoms with Crippen molar-refractivity contribution in [3.63, 3.8) is 0 Å². The third kappa shape index (κ3) is 9.82. The summed E-state index contributed by atoms with van der Waals surface area (Å²) in [5.74, 6) is 0. The molecule has 6 heteroatoms. The van der Waals surface area contributed by atoms with E-state index >= 15 is 0 Å². The Kier molecular flexibility index (Phi) is 14.9. The molecule has 0 bridgehead atoms. The Hall–Kier alpha value is -8.38. The van der Waals surface area contributed by atoms with Gasteiger partial charge in [-0.15, -0.1) is 35.9 Å². The summed E-state index contributed by atoms with van der Waals surface area (Å²) < 4.78 is 0. The van der Waals surface area contributed by atoms with E-state index in [1.165, 1.54) is 11.1 Å². The van der Waals surface area contributed by atoms with Crippen molar-refractivity contribution in [2.45, 2.75) is 0 Å². The summed E-state index contributed by atoms with van der Waals surface area (Å²) in [4.78, 5) is 14.1. The van der Waals surface area contributed by atoms with Crippen molar-refractivity contribution >= 4 is 0 Å². The standard InChI is InChI=1S/C57H38N3.2CN.Ir/c1-3-15-40(16-4-1)41-27-29-42(30-28-41)55-36-57(43-17-5-2-6-18-43)60-39-56(55)54-26-12-11-25-53(54)48-34-46(51-23-9-7-21-49(51)44-19-13-31-58-37-44)33-47(35-48)52-24-10-8-22-50(52)45-20-14-32-59-38-45;2*1-2;/h1-17,19-39H;;;/q3*-1;+3. The number of rotatable bonds is 9. The van der Waals surface area contributed by atoms with Crippen LogP contribution in [0.4, 0.5) is 0 Å². The van der Waals surface area contributed by atoms with Gasteiger partial charge in [-0.05, 0) is 108 Å². The van der Waals surface area contributed by atoms with Gasteiger partial charge in [0.1, 0.15) is 0 Å². The molecule has 0 atom stereocenters. The van der Waals surface area contributed by atoms with E-state index in [1.807, 2.05) is 61.3 Å². The maximum Gasteiger partial charge on any atom is 3.00 e. The zero-order valence-electron chi connectivity index (χ0n) is 35.0. The van der Waals surface area contributed by atoms with Gasteiger partial charge in [-0.3, -0.25) is 9.97 Å². The molecular weight excluding hydrogens is 971 g/mol. The van der Waals surface area contributed by atoms with Crippen molar-refractivity contribution < 1.29 is 20.1 Å². The second-order valence-corrected chi connectivity index (χ2v) is 14.8. The van der Waals surface area contributed by atoms with Crippen molar-refractivity contribution in [1.29, 1.82) is 10.5 Å². The van der Waals surface area contributed by atoms with E-state index < -0.39 is 0 Å². The van der Waals surface area contributed by atoms with Gasteiger partial charge in [0.2, 0.25) is 0 Å². The van der Waals surface area contributed by atoms with Crippen LogP contribution in [-0.4, -0.2) is 15.0 Å². The van der Waals surface area contributed by atoms with Crippen LogP contribution in [0.3, 0.4) is 0 Å². The topological polar surface area (TPSA) is 86.2 Å². The number of pyridine rings is 3. The average molecular weight is 1010 g/mol. The molecule has 0 amide bonds. The van der Waals surface area contributed by atoms with Gasteiger partial charge in [0, 0.05) is 47.7 Å². The van der Waals surface area contributed by atoms with Crippen LogP contribution in [0.2, 0.25) is 0 Å². The summed E-state index contributed by atoms with van der Waals surface area (Å²) in [6.07, 6.45) is 9.56. The van der Waals surface area contributed by atoms with Crippen LogP contribution < -0.4 is 0 Å². The number of hydrogen-bond donors (Lipinski definition) is 0. The number of benzene rings is 7. The molecule has 0 radical (unpaired) electrons. The summed E-state index contributed by atoms with van der Waals surface area (Å²) in [6.45, 7) is 9.50. The van der Waals surface area contributed by atoms with E-state index in [0.29, 0.717) is 0 Å². The first-order valence-corrected chi connectivity index (χ1v) is 20.6. The fourth-order valence-corrected chi connectivity index (χ4v) is 8.16. The van der Waals surface area contributed by atoms with Crippen molar-refractivity contribution in [3.8, 4) is 100 Å². The molecule has 0 saturated heterocycles. The van der Waals surface area contributed by atoms with Crippen molar-refractivity contribution in [1.82, 2.24) is 15.0 Å². The van der Waals surface area contributed by atoms with Crippen molar-refractivity contribution in [2.24, 2.45) is 0 Å². The first-order chi connectivity index (χ1) is 31.8. The normalized spacial score (nSPS) is 10.2. The number of aromatic nitrogens is 3. The Morgan fingerprint density at radius 1 is 0.323 bits per heavy atom. The summed E-state index contributed by atoms with van der Waals surface area (Å²) in [5, 5.41) is 12.5. The molecule has 0 fully saturated rings. The van der Waals surface area contributed by atoms with Gasteiger partial charge in [-0.25, -0.2) is 0 Å². The van der Waals surface area contributed by atoms with Gasteiger partial charge in [0.15, 0.2) is 0 Å². The molecule has 0 spiro atoms. The number of hydrogen-bond acceptors (Lipinski definition) is 5. The third-order valence-corrected chi connectivity index (χ3v) is 11.1. The Labute approximate surface area is 394 Å². The molecule has 308 valence electrons. The predicted octanol–water partition coefficient (Wildman–Crippen LogP) is 14.9. The minimum Gasteiger partial charge on any atom is -0.512 e. The molecular formula is C59H38IrN5. The molecule has 3 heterocycles. The molecule has 3 aromatic heterocycles. The predicted molar refractivity (Wildman–Crippen MR) is 258 cm³/mol. The quantitative estimate of drug-likeness (QED) is 0.134. The summed E-state index contributed by atoms with van der Waals surface area (Å²) in [6, 6.07) is 74.2. The Balaban J connectivity index is 0.00000123. The number of nitrogens with zero attached hydrogens (tertiary/aromatic N) is 5. The van der Waals surface area contributed by atoms with E-state index in [-0.39, 0.29) is 20.1 Å². The van der Waals surface area contributed by atoms with Gasteiger partial charge in [0.25, 0.3) is 0 Å². The van der Waals surface area contributed by atoms with Gasteiger partial charge >= 0.3 is 20.1 Å². The van der Waals surface area contributed by atoms with Crippen LogP contribution in [-0.2, 0) is 20.1 Å². The first-order valence-electron chi connectivity index (χ1n) is 20.6. The molecule has 0 aliphatic carbocycles. The molecule has 7 aromatic carbocycles. The molecule has 0 N–H and O–H groups in total. The maximum atomic E-state index is 6.25. The first kappa shape index (κ1) is 44.7. The van der Waals surface area contributed by atoms with Crippen LogP contribution in [0.5, 0.6) is 0 Å². The van der Waals surface area contributed by atoms with Gasteiger partial charge < -0.3 is 28.7 Å². The molecule has 10 rings (SSSR count). The Morgan fingerprint density at radius 2 is 0.738 bits per heavy atom. The van der Waals surface area contributed by atoms with Crippen LogP contribution in [0, 0.1) is 29.7 Å². The minimum atomic E-state index is 0. The smallest absolute Gasteiger partial charge is 0.512 e. The summed E-state index contributed by atoms with van der Waals surface area (Å²) in [5.41, 5.74) is 19.7. The summed E-state index contributed by atoms with van der Waals surface area (Å²) in [7, 11) is 0. The van der Waals surface area contributed by atoms with Gasteiger partial charge in [0.05, 0.1) is 0 Å². The fraction of sp³-hybridized carbons (Fsp3) is 0. The molecule has 0 aliphatic rings. The van der Waals surface area contributed by atoms with Crippen molar-refractivity contribution in [2.75, 3.05) is 0 Å². The molecule has 0 aliphatic heterocycles. The van der Waals surface area contributed by atoms with E-state index in [2.05, 4.69) is 186 Å². The Morgan fingerprint density at radius 3 is 1.22 bits per heavy atom. The molecule has 65 heavy (non-hydrogen) atoms. The largest absolute Gasteiger partial charge is 3.00 e. The zero-order valence-corrected chi connectivity index (χ0v) is 37.4. The summed E-state index contributed by atoms with van der Waals surface area (Å²) >= 11 is 0. The SMILES string of the molecule is [C-]#N.[C-]#N.[Ir+3].[c-]1ccccc1-c1cc(-c2ccc(-c3ccccc3)cc2)c(-c2ccccc2-c2cc(-c3ccccc3-c3cccnc3)cc(-c3ccccc3-c3cccnc3)c2)cn1. The van der Waals surface area contributed by atoms with Gasteiger partial charge in [-0.1, -0.05) is 146 Å². The molecule has 5 nitrogen and oxygen atoms in total. The van der Waals surface area contributed by atoms with E-state index in [9.17, 15) is 0 Å². The van der Waals surface area contributed by atoms with Crippen LogP contribution in [0.25, 0.3) is 100 Å². The van der Waals surface area contributed by atoms with E-state index in [1.54, 1.807) is 0 Å². The van der Waals surface area contributed by atoms with E-state index in [4.69, 9.17) is 28.7 Å². The monoisotopic (exact) mass is 1010 g/mol. The van der Waals surface area contributed by atoms with Crippen molar-refractivity contribution in [3.05, 3.63) is 250 Å². The van der Waals surface area contributed by atoms with Gasteiger partial charge in [-0.2, -0.15) is 0 Å². The molecule has 0 saturated carbocycles. The second kappa shape index (κ2) is 21.6.